The summed E-state index contributed by atoms with van der Waals surface area (Å²) in [6.07, 6.45) is 16.7. The number of nitrogens with zero attached hydrogens (tertiary/aromatic N) is 1. The first-order chi connectivity index (χ1) is 11.7. The van der Waals surface area contributed by atoms with Crippen molar-refractivity contribution in [2.24, 2.45) is 0 Å². The summed E-state index contributed by atoms with van der Waals surface area (Å²) in [5.41, 5.74) is 1.50. The fourth-order valence-corrected chi connectivity index (χ4v) is 3.64. The van der Waals surface area contributed by atoms with Crippen molar-refractivity contribution in [3.8, 4) is 0 Å². The van der Waals surface area contributed by atoms with Crippen molar-refractivity contribution in [1.82, 2.24) is 4.48 Å². The highest BCUT2D eigenvalue weighted by atomic mass is 127. The SMILES string of the molecule is CCCCCCCC[N+](C)(CCCCCCCC)c1ccccc1.[I-]. The normalized spacial score (nSPS) is 11.3. The third-order valence-electron chi connectivity index (χ3n) is 5.39. The van der Waals surface area contributed by atoms with E-state index < -0.39 is 0 Å². The molecule has 0 N–H and O–H groups in total. The summed E-state index contributed by atoms with van der Waals surface area (Å²) >= 11 is 0. The van der Waals surface area contributed by atoms with Gasteiger partial charge in [0.2, 0.25) is 0 Å². The summed E-state index contributed by atoms with van der Waals surface area (Å²) in [5.74, 6) is 0. The lowest BCUT2D eigenvalue weighted by Gasteiger charge is -2.34. The van der Waals surface area contributed by atoms with Crippen LogP contribution in [0.1, 0.15) is 90.9 Å². The Morgan fingerprint density at radius 1 is 0.600 bits per heavy atom. The molecule has 0 spiro atoms. The van der Waals surface area contributed by atoms with Gasteiger partial charge in [-0.05, 0) is 37.8 Å². The molecule has 0 unspecified atom stereocenters. The van der Waals surface area contributed by atoms with Crippen molar-refractivity contribution in [2.45, 2.75) is 90.9 Å². The lowest BCUT2D eigenvalue weighted by atomic mass is 10.1. The molecule has 1 rings (SSSR count). The van der Waals surface area contributed by atoms with Crippen LogP contribution in [0.4, 0.5) is 5.69 Å². The van der Waals surface area contributed by atoms with Crippen molar-refractivity contribution in [3.63, 3.8) is 0 Å². The van der Waals surface area contributed by atoms with Gasteiger partial charge in [0.1, 0.15) is 5.69 Å². The van der Waals surface area contributed by atoms with E-state index in [4.69, 9.17) is 0 Å². The Balaban J connectivity index is 0.00000576. The molecule has 1 aromatic carbocycles. The Morgan fingerprint density at radius 2 is 1.00 bits per heavy atom. The number of hydrogen-bond acceptors (Lipinski definition) is 0. The number of quaternary nitrogens is 1. The van der Waals surface area contributed by atoms with Gasteiger partial charge in [-0.25, -0.2) is 0 Å². The first-order valence-electron chi connectivity index (χ1n) is 10.6. The standard InChI is InChI=1S/C23H42N.HI/c1-4-6-8-10-12-17-21-24(3,23-19-15-14-16-20-23)22-18-13-11-9-7-5-2;/h14-16,19-20H,4-13,17-18,21-22H2,1-3H3;1H/q+1;/p-1. The smallest absolute Gasteiger partial charge is 0.132 e. The largest absolute Gasteiger partial charge is 1.00 e. The molecule has 0 aromatic heterocycles. The van der Waals surface area contributed by atoms with Crippen molar-refractivity contribution in [3.05, 3.63) is 30.3 Å². The van der Waals surface area contributed by atoms with Gasteiger partial charge in [-0.1, -0.05) is 83.4 Å². The van der Waals surface area contributed by atoms with E-state index >= 15 is 0 Å². The highest BCUT2D eigenvalue weighted by Gasteiger charge is 2.23. The van der Waals surface area contributed by atoms with Crippen LogP contribution in [-0.4, -0.2) is 20.1 Å². The Kier molecular flexibility index (Phi) is 16.1. The van der Waals surface area contributed by atoms with Crippen LogP contribution in [0.25, 0.3) is 0 Å². The molecule has 0 saturated heterocycles. The van der Waals surface area contributed by atoms with E-state index in [-0.39, 0.29) is 24.0 Å². The minimum absolute atomic E-state index is 0. The predicted molar refractivity (Wildman–Crippen MR) is 111 cm³/mol. The lowest BCUT2D eigenvalue weighted by Crippen LogP contribution is -3.00. The Morgan fingerprint density at radius 3 is 1.44 bits per heavy atom. The minimum Gasteiger partial charge on any atom is -1.00 e. The zero-order chi connectivity index (χ0) is 17.5. The summed E-state index contributed by atoms with van der Waals surface area (Å²) in [6, 6.07) is 11.2. The summed E-state index contributed by atoms with van der Waals surface area (Å²) in [4.78, 5) is 0. The van der Waals surface area contributed by atoms with Crippen molar-refractivity contribution >= 4 is 5.69 Å². The van der Waals surface area contributed by atoms with E-state index in [1.165, 1.54) is 95.8 Å². The van der Waals surface area contributed by atoms with Crippen LogP contribution in [0.15, 0.2) is 30.3 Å². The van der Waals surface area contributed by atoms with Crippen LogP contribution < -0.4 is 28.5 Å². The van der Waals surface area contributed by atoms with Crippen LogP contribution in [-0.2, 0) is 0 Å². The number of benzene rings is 1. The fraction of sp³-hybridized carbons (Fsp3) is 0.739. The number of unbranched alkanes of at least 4 members (excludes halogenated alkanes) is 10. The number of halogens is 1. The van der Waals surface area contributed by atoms with Crippen molar-refractivity contribution in [1.29, 1.82) is 0 Å². The molecule has 0 aliphatic rings. The topological polar surface area (TPSA) is 0 Å². The van der Waals surface area contributed by atoms with Gasteiger partial charge in [-0.15, -0.1) is 0 Å². The molecule has 2 heteroatoms. The molecule has 0 saturated carbocycles. The average molecular weight is 459 g/mol. The molecule has 0 atom stereocenters. The van der Waals surface area contributed by atoms with Crippen LogP contribution in [0.2, 0.25) is 0 Å². The monoisotopic (exact) mass is 459 g/mol. The molecule has 0 aliphatic carbocycles. The molecule has 25 heavy (non-hydrogen) atoms. The molecule has 1 nitrogen and oxygen atoms in total. The highest BCUT2D eigenvalue weighted by Crippen LogP contribution is 2.23. The van der Waals surface area contributed by atoms with Crippen molar-refractivity contribution in [2.75, 3.05) is 20.1 Å². The number of hydrogen-bond donors (Lipinski definition) is 0. The molecular weight excluding hydrogens is 417 g/mol. The second kappa shape index (κ2) is 16.1. The van der Waals surface area contributed by atoms with Crippen LogP contribution in [0, 0.1) is 0 Å². The van der Waals surface area contributed by atoms with Gasteiger partial charge in [-0.3, -0.25) is 4.48 Å². The van der Waals surface area contributed by atoms with Gasteiger partial charge in [0, 0.05) is 0 Å². The summed E-state index contributed by atoms with van der Waals surface area (Å²) in [6.45, 7) is 7.18. The Labute approximate surface area is 175 Å². The molecule has 1 aromatic rings. The maximum atomic E-state index is 2.45. The molecular formula is C23H42IN. The number of para-hydroxylation sites is 1. The predicted octanol–water partition coefficient (Wildman–Crippen LogP) is 4.35. The highest BCUT2D eigenvalue weighted by molar-refractivity contribution is 5.41. The van der Waals surface area contributed by atoms with E-state index in [2.05, 4.69) is 51.2 Å². The molecule has 0 radical (unpaired) electrons. The zero-order valence-electron chi connectivity index (χ0n) is 17.1. The average Bonchev–Trinajstić information content (AvgIpc) is 2.62. The molecule has 0 aliphatic heterocycles. The minimum atomic E-state index is 0. The second-order valence-electron chi connectivity index (χ2n) is 7.71. The quantitative estimate of drug-likeness (QED) is 0.208. The van der Waals surface area contributed by atoms with Gasteiger partial charge >= 0.3 is 0 Å². The zero-order valence-corrected chi connectivity index (χ0v) is 19.3. The van der Waals surface area contributed by atoms with E-state index in [9.17, 15) is 0 Å². The molecule has 0 amide bonds. The van der Waals surface area contributed by atoms with Gasteiger partial charge in [0.05, 0.1) is 20.1 Å². The van der Waals surface area contributed by atoms with E-state index in [0.29, 0.717) is 0 Å². The summed E-state index contributed by atoms with van der Waals surface area (Å²) in [7, 11) is 2.45. The molecule has 0 bridgehead atoms. The Hall–Kier alpha value is -0.0900. The van der Waals surface area contributed by atoms with E-state index in [0.717, 1.165) is 4.48 Å². The van der Waals surface area contributed by atoms with Crippen LogP contribution in [0.3, 0.4) is 0 Å². The molecule has 146 valence electrons. The maximum absolute atomic E-state index is 2.45. The van der Waals surface area contributed by atoms with Gasteiger partial charge < -0.3 is 24.0 Å². The third-order valence-corrected chi connectivity index (χ3v) is 5.39. The fourth-order valence-electron chi connectivity index (χ4n) is 3.64. The molecule has 0 heterocycles. The Bertz CT molecular complexity index is 374. The first kappa shape index (κ1) is 24.9. The second-order valence-corrected chi connectivity index (χ2v) is 7.71. The maximum Gasteiger partial charge on any atom is 0.132 e. The summed E-state index contributed by atoms with van der Waals surface area (Å²) < 4.78 is 1.13. The van der Waals surface area contributed by atoms with Crippen LogP contribution in [0.5, 0.6) is 0 Å². The molecule has 0 fully saturated rings. The van der Waals surface area contributed by atoms with Gasteiger partial charge in [0.25, 0.3) is 0 Å². The summed E-state index contributed by atoms with van der Waals surface area (Å²) in [5, 5.41) is 0. The third kappa shape index (κ3) is 11.3. The van der Waals surface area contributed by atoms with Gasteiger partial charge in [0.15, 0.2) is 0 Å². The lowest BCUT2D eigenvalue weighted by molar-refractivity contribution is -0.00000534. The van der Waals surface area contributed by atoms with E-state index in [1.54, 1.807) is 0 Å². The van der Waals surface area contributed by atoms with E-state index in [1.807, 2.05) is 0 Å². The van der Waals surface area contributed by atoms with Gasteiger partial charge in [-0.2, -0.15) is 0 Å². The first-order valence-corrected chi connectivity index (χ1v) is 10.6. The van der Waals surface area contributed by atoms with Crippen molar-refractivity contribution < 1.29 is 24.0 Å². The number of rotatable bonds is 15. The van der Waals surface area contributed by atoms with Crippen LogP contribution >= 0.6 is 0 Å².